The number of benzene rings is 2. The monoisotopic (exact) mass is 395 g/mol. The van der Waals surface area contributed by atoms with E-state index in [9.17, 15) is 9.70 Å². The van der Waals surface area contributed by atoms with Crippen LogP contribution in [0.2, 0.25) is 5.02 Å². The van der Waals surface area contributed by atoms with Crippen LogP contribution >= 0.6 is 11.6 Å². The molecule has 0 amide bonds. The maximum Gasteiger partial charge on any atom is 0.185 e. The van der Waals surface area contributed by atoms with E-state index in [1.165, 1.54) is 6.08 Å². The van der Waals surface area contributed by atoms with Crippen LogP contribution in [0.25, 0.3) is 17.3 Å². The Morgan fingerprint density at radius 3 is 2.46 bits per heavy atom. The van der Waals surface area contributed by atoms with E-state index in [0.717, 1.165) is 16.8 Å². The normalized spacial score (nSPS) is 10.5. The molecule has 1 heterocycles. The molecule has 0 aliphatic carbocycles. The SMILES string of the molecule is CC.Cc1ccc(-c2cc(/C=C/C(=O)c3ccc(N=O)c(C)c3)[nH]n2)cc1Cl. The Morgan fingerprint density at radius 1 is 1.07 bits per heavy atom. The number of aromatic nitrogens is 2. The third kappa shape index (κ3) is 5.02. The molecule has 0 aliphatic heterocycles. The van der Waals surface area contributed by atoms with Crippen molar-refractivity contribution in [1.82, 2.24) is 10.2 Å². The van der Waals surface area contributed by atoms with Gasteiger partial charge in [0.15, 0.2) is 5.78 Å². The van der Waals surface area contributed by atoms with Gasteiger partial charge in [-0.3, -0.25) is 9.89 Å². The molecule has 3 aromatic rings. The van der Waals surface area contributed by atoms with E-state index in [2.05, 4.69) is 15.4 Å². The lowest BCUT2D eigenvalue weighted by Gasteiger charge is -2.00. The summed E-state index contributed by atoms with van der Waals surface area (Å²) in [4.78, 5) is 22.9. The van der Waals surface area contributed by atoms with Crippen LogP contribution in [0.5, 0.6) is 0 Å². The van der Waals surface area contributed by atoms with E-state index in [1.54, 1.807) is 31.2 Å². The number of halogens is 1. The molecule has 1 aromatic heterocycles. The number of nitrogens with zero attached hydrogens (tertiary/aromatic N) is 2. The van der Waals surface area contributed by atoms with Crippen molar-refractivity contribution in [3.05, 3.63) is 80.9 Å². The lowest BCUT2D eigenvalue weighted by Crippen LogP contribution is -1.94. The van der Waals surface area contributed by atoms with Gasteiger partial charge in [-0.25, -0.2) is 0 Å². The highest BCUT2D eigenvalue weighted by Gasteiger charge is 2.07. The second-order valence-corrected chi connectivity index (χ2v) is 6.37. The summed E-state index contributed by atoms with van der Waals surface area (Å²) in [6.45, 7) is 7.68. The van der Waals surface area contributed by atoms with E-state index in [0.29, 0.717) is 27.5 Å². The van der Waals surface area contributed by atoms with Crippen molar-refractivity contribution >= 4 is 29.1 Å². The molecule has 0 spiro atoms. The number of H-pyrrole nitrogens is 1. The molecule has 0 unspecified atom stereocenters. The molecule has 28 heavy (non-hydrogen) atoms. The average Bonchev–Trinajstić information content (AvgIpc) is 3.18. The van der Waals surface area contributed by atoms with E-state index in [4.69, 9.17) is 11.6 Å². The number of nitrogens with one attached hydrogen (secondary N) is 1. The zero-order valence-corrected chi connectivity index (χ0v) is 17.0. The molecule has 0 fully saturated rings. The number of nitroso groups, excluding NO2 is 1. The van der Waals surface area contributed by atoms with Crippen molar-refractivity contribution in [2.75, 3.05) is 0 Å². The largest absolute Gasteiger partial charge is 0.289 e. The van der Waals surface area contributed by atoms with Crippen molar-refractivity contribution in [3.8, 4) is 11.3 Å². The predicted octanol–water partition coefficient (Wildman–Crippen LogP) is 6.67. The van der Waals surface area contributed by atoms with Crippen molar-refractivity contribution in [2.24, 2.45) is 5.18 Å². The van der Waals surface area contributed by atoms with Crippen molar-refractivity contribution in [2.45, 2.75) is 27.7 Å². The standard InChI is InChI=1S/C20H16ClN3O2.C2H6/c1-12-3-4-14(10-17(12)21)19-11-16(22-23-19)6-8-20(25)15-5-7-18(24-26)13(2)9-15;1-2/h3-11H,1-2H3,(H,22,23);1-2H3/b8-6+;. The molecular formula is C22H22ClN3O2. The average molecular weight is 396 g/mol. The number of hydrogen-bond acceptors (Lipinski definition) is 4. The Balaban J connectivity index is 0.00000136. The minimum atomic E-state index is -0.167. The first-order valence-electron chi connectivity index (χ1n) is 8.96. The Bertz CT molecular complexity index is 1020. The molecule has 1 N–H and O–H groups in total. The molecule has 0 bridgehead atoms. The van der Waals surface area contributed by atoms with E-state index in [1.807, 2.05) is 45.0 Å². The van der Waals surface area contributed by atoms with Gasteiger partial charge in [0.25, 0.3) is 0 Å². The van der Waals surface area contributed by atoms with Crippen LogP contribution in [-0.2, 0) is 0 Å². The zero-order chi connectivity index (χ0) is 20.7. The number of carbonyl (C=O) groups is 1. The van der Waals surface area contributed by atoms with Gasteiger partial charge in [-0.2, -0.15) is 5.10 Å². The van der Waals surface area contributed by atoms with Crippen LogP contribution in [0.15, 0.2) is 53.7 Å². The first kappa shape index (κ1) is 21.3. The van der Waals surface area contributed by atoms with Crippen molar-refractivity contribution < 1.29 is 4.79 Å². The second-order valence-electron chi connectivity index (χ2n) is 5.96. The Hall–Kier alpha value is -3.05. The molecule has 6 heteroatoms. The molecular weight excluding hydrogens is 374 g/mol. The summed E-state index contributed by atoms with van der Waals surface area (Å²) in [5.41, 5.74) is 4.85. The van der Waals surface area contributed by atoms with Gasteiger partial charge in [0.05, 0.1) is 11.4 Å². The second kappa shape index (κ2) is 9.76. The summed E-state index contributed by atoms with van der Waals surface area (Å²) in [5, 5.41) is 10.7. The molecule has 0 atom stereocenters. The molecule has 3 rings (SSSR count). The van der Waals surface area contributed by atoms with E-state index < -0.39 is 0 Å². The lowest BCUT2D eigenvalue weighted by atomic mass is 10.1. The molecule has 0 aliphatic rings. The fourth-order valence-corrected chi connectivity index (χ4v) is 2.68. The van der Waals surface area contributed by atoms with Crippen LogP contribution in [0, 0.1) is 18.8 Å². The van der Waals surface area contributed by atoms with Gasteiger partial charge < -0.3 is 0 Å². The maximum absolute atomic E-state index is 12.3. The Labute approximate surface area is 169 Å². The highest BCUT2D eigenvalue weighted by molar-refractivity contribution is 6.31. The summed E-state index contributed by atoms with van der Waals surface area (Å²) in [5.74, 6) is -0.167. The summed E-state index contributed by atoms with van der Waals surface area (Å²) < 4.78 is 0. The molecule has 0 saturated carbocycles. The number of carbonyl (C=O) groups excluding carboxylic acids is 1. The van der Waals surface area contributed by atoms with E-state index >= 15 is 0 Å². The summed E-state index contributed by atoms with van der Waals surface area (Å²) in [6, 6.07) is 12.4. The summed E-state index contributed by atoms with van der Waals surface area (Å²) >= 11 is 6.15. The van der Waals surface area contributed by atoms with E-state index in [-0.39, 0.29) is 5.78 Å². The predicted molar refractivity (Wildman–Crippen MR) is 115 cm³/mol. The molecule has 0 saturated heterocycles. The molecule has 5 nitrogen and oxygen atoms in total. The first-order chi connectivity index (χ1) is 13.5. The Kier molecular flexibility index (Phi) is 7.41. The number of aromatic amines is 1. The van der Waals surface area contributed by atoms with Gasteiger partial charge in [0.1, 0.15) is 5.69 Å². The lowest BCUT2D eigenvalue weighted by molar-refractivity contribution is 0.104. The minimum Gasteiger partial charge on any atom is -0.289 e. The zero-order valence-electron chi connectivity index (χ0n) is 16.3. The first-order valence-corrected chi connectivity index (χ1v) is 9.34. The van der Waals surface area contributed by atoms with Gasteiger partial charge in [-0.1, -0.05) is 37.6 Å². The minimum absolute atomic E-state index is 0.167. The van der Waals surface area contributed by atoms with Gasteiger partial charge in [0, 0.05) is 16.1 Å². The van der Waals surface area contributed by atoms with Crippen LogP contribution in [0.3, 0.4) is 0 Å². The van der Waals surface area contributed by atoms with Crippen LogP contribution < -0.4 is 0 Å². The molecule has 144 valence electrons. The van der Waals surface area contributed by atoms with Gasteiger partial charge in [0.2, 0.25) is 0 Å². The van der Waals surface area contributed by atoms with Gasteiger partial charge >= 0.3 is 0 Å². The number of ketones is 1. The summed E-state index contributed by atoms with van der Waals surface area (Å²) in [7, 11) is 0. The maximum atomic E-state index is 12.3. The van der Waals surface area contributed by atoms with Crippen LogP contribution in [0.4, 0.5) is 5.69 Å². The number of rotatable bonds is 5. The molecule has 0 radical (unpaired) electrons. The summed E-state index contributed by atoms with van der Waals surface area (Å²) in [6.07, 6.45) is 3.12. The number of hydrogen-bond donors (Lipinski definition) is 1. The molecule has 2 aromatic carbocycles. The third-order valence-electron chi connectivity index (χ3n) is 4.06. The van der Waals surface area contributed by atoms with Crippen LogP contribution in [0.1, 0.15) is 41.0 Å². The van der Waals surface area contributed by atoms with Crippen molar-refractivity contribution in [3.63, 3.8) is 0 Å². The highest BCUT2D eigenvalue weighted by Crippen LogP contribution is 2.25. The Morgan fingerprint density at radius 2 is 1.82 bits per heavy atom. The highest BCUT2D eigenvalue weighted by atomic mass is 35.5. The number of aryl methyl sites for hydroxylation is 2. The van der Waals surface area contributed by atoms with Crippen molar-refractivity contribution in [1.29, 1.82) is 0 Å². The quantitative estimate of drug-likeness (QED) is 0.298. The topological polar surface area (TPSA) is 75.2 Å². The van der Waals surface area contributed by atoms with Crippen LogP contribution in [-0.4, -0.2) is 16.0 Å². The fourth-order valence-electron chi connectivity index (χ4n) is 2.49. The fraction of sp³-hybridized carbons (Fsp3) is 0.182. The smallest absolute Gasteiger partial charge is 0.185 e. The van der Waals surface area contributed by atoms with Gasteiger partial charge in [-0.05, 0) is 72.6 Å². The van der Waals surface area contributed by atoms with Gasteiger partial charge in [-0.15, -0.1) is 4.91 Å². The number of allylic oxidation sites excluding steroid dienone is 1. The third-order valence-corrected chi connectivity index (χ3v) is 4.47.